The zero-order valence-corrected chi connectivity index (χ0v) is 18.3. The van der Waals surface area contributed by atoms with Gasteiger partial charge >= 0.3 is 0 Å². The molecule has 3 atom stereocenters. The van der Waals surface area contributed by atoms with Crippen LogP contribution in [0, 0.1) is 24.7 Å². The largest absolute Gasteiger partial charge is 0.316 e. The van der Waals surface area contributed by atoms with Gasteiger partial charge in [0, 0.05) is 30.1 Å². The zero-order valence-electron chi connectivity index (χ0n) is 18.3. The van der Waals surface area contributed by atoms with Gasteiger partial charge in [-0.3, -0.25) is 24.3 Å². The third-order valence-electron chi connectivity index (χ3n) is 7.56. The minimum atomic E-state index is -0.460. The molecule has 1 aromatic carbocycles. The van der Waals surface area contributed by atoms with Crippen LogP contribution in [0.1, 0.15) is 37.4 Å². The van der Waals surface area contributed by atoms with E-state index in [2.05, 4.69) is 32.7 Å². The normalized spacial score (nSPS) is 27.8. The molecule has 3 fully saturated rings. The summed E-state index contributed by atoms with van der Waals surface area (Å²) in [7, 11) is 0. The second-order valence-corrected chi connectivity index (χ2v) is 9.66. The fourth-order valence-electron chi connectivity index (χ4n) is 6.08. The van der Waals surface area contributed by atoms with Gasteiger partial charge in [-0.05, 0) is 68.7 Å². The Bertz CT molecular complexity index is 1200. The summed E-state index contributed by atoms with van der Waals surface area (Å²) in [5.41, 5.74) is 3.95. The number of imide groups is 1. The lowest BCUT2D eigenvalue weighted by atomic mass is 10.0. The molecule has 0 radical (unpaired) electrons. The van der Waals surface area contributed by atoms with E-state index in [4.69, 9.17) is 5.10 Å². The van der Waals surface area contributed by atoms with Gasteiger partial charge in [0.1, 0.15) is 6.04 Å². The first-order valence-electron chi connectivity index (χ1n) is 11.6. The van der Waals surface area contributed by atoms with Crippen LogP contribution in [0.15, 0.2) is 30.6 Å². The van der Waals surface area contributed by atoms with E-state index >= 15 is 0 Å². The van der Waals surface area contributed by atoms with Crippen molar-refractivity contribution in [1.82, 2.24) is 30.2 Å². The van der Waals surface area contributed by atoms with E-state index < -0.39 is 6.04 Å². The highest BCUT2D eigenvalue weighted by atomic mass is 16.2. The molecule has 166 valence electrons. The number of fused-ring (bicyclic) bond motifs is 2. The first kappa shape index (κ1) is 19.7. The van der Waals surface area contributed by atoms with Gasteiger partial charge in [-0.1, -0.05) is 12.1 Å². The highest BCUT2D eigenvalue weighted by Crippen LogP contribution is 2.39. The lowest BCUT2D eigenvalue weighted by Gasteiger charge is -2.21. The van der Waals surface area contributed by atoms with Crippen LogP contribution in [0.5, 0.6) is 0 Å². The van der Waals surface area contributed by atoms with E-state index in [1.807, 2.05) is 25.3 Å². The molecular weight excluding hydrogens is 404 g/mol. The number of hydrogen-bond acceptors (Lipinski definition) is 5. The van der Waals surface area contributed by atoms with E-state index in [1.165, 1.54) is 25.9 Å². The number of aryl methyl sites for hydroxylation is 1. The smallest absolute Gasteiger partial charge is 0.251 e. The first-order valence-corrected chi connectivity index (χ1v) is 11.6. The van der Waals surface area contributed by atoms with Crippen molar-refractivity contribution in [1.29, 1.82) is 0 Å². The molecule has 2 aromatic heterocycles. The molecule has 8 heteroatoms. The Labute approximate surface area is 186 Å². The highest BCUT2D eigenvalue weighted by molar-refractivity contribution is 6.01. The van der Waals surface area contributed by atoms with Gasteiger partial charge in [0.25, 0.3) is 5.91 Å². The lowest BCUT2D eigenvalue weighted by molar-refractivity contribution is -0.135. The quantitative estimate of drug-likeness (QED) is 0.618. The van der Waals surface area contributed by atoms with Gasteiger partial charge in [-0.15, -0.1) is 0 Å². The predicted molar refractivity (Wildman–Crippen MR) is 120 cm³/mol. The second-order valence-electron chi connectivity index (χ2n) is 9.66. The molecule has 2 amide bonds. The maximum Gasteiger partial charge on any atom is 0.251 e. The molecule has 3 aliphatic rings. The summed E-state index contributed by atoms with van der Waals surface area (Å²) >= 11 is 0. The molecule has 0 bridgehead atoms. The Morgan fingerprint density at radius 1 is 1.16 bits per heavy atom. The number of aromatic nitrogens is 4. The summed E-state index contributed by atoms with van der Waals surface area (Å²) in [4.78, 5) is 24.0. The topological polar surface area (TPSA) is 93.8 Å². The first-order chi connectivity index (χ1) is 15.6. The fourth-order valence-corrected chi connectivity index (χ4v) is 6.08. The standard InChI is InChI=1S/C24H28N6O2/c1-14-23-19(3-2-4-20(23)30(28-14)21-5-6-22(31)27-24(21)32)18-11-26-29(13-18)12-15-7-16-9-25-10-17(16)8-15/h2-4,11,13,15-17,21,25H,5-10,12H2,1H3,(H,27,31,32). The van der Waals surface area contributed by atoms with Crippen molar-refractivity contribution < 1.29 is 9.59 Å². The van der Waals surface area contributed by atoms with Gasteiger partial charge in [-0.25, -0.2) is 0 Å². The van der Waals surface area contributed by atoms with Gasteiger partial charge in [0.2, 0.25) is 5.91 Å². The third-order valence-corrected chi connectivity index (χ3v) is 7.56. The summed E-state index contributed by atoms with van der Waals surface area (Å²) in [6.45, 7) is 5.29. The number of nitrogens with zero attached hydrogens (tertiary/aromatic N) is 4. The number of amides is 2. The molecular formula is C24H28N6O2. The molecule has 4 heterocycles. The number of piperidine rings is 1. The van der Waals surface area contributed by atoms with Crippen molar-refractivity contribution >= 4 is 22.7 Å². The van der Waals surface area contributed by atoms with Crippen LogP contribution in [-0.4, -0.2) is 44.5 Å². The molecule has 2 aliphatic heterocycles. The van der Waals surface area contributed by atoms with E-state index in [0.29, 0.717) is 18.8 Å². The lowest BCUT2D eigenvalue weighted by Crippen LogP contribution is -2.42. The summed E-state index contributed by atoms with van der Waals surface area (Å²) in [5, 5.41) is 16.4. The third kappa shape index (κ3) is 3.24. The van der Waals surface area contributed by atoms with E-state index in [0.717, 1.165) is 46.1 Å². The fraction of sp³-hybridized carbons (Fsp3) is 0.500. The molecule has 2 saturated heterocycles. The monoisotopic (exact) mass is 432 g/mol. The van der Waals surface area contributed by atoms with Crippen molar-refractivity contribution in [3.63, 3.8) is 0 Å². The van der Waals surface area contributed by atoms with Crippen LogP contribution in [-0.2, 0) is 16.1 Å². The average molecular weight is 433 g/mol. The van der Waals surface area contributed by atoms with E-state index in [9.17, 15) is 9.59 Å². The number of hydrogen-bond donors (Lipinski definition) is 2. The number of rotatable bonds is 4. The predicted octanol–water partition coefficient (Wildman–Crippen LogP) is 2.43. The number of carbonyl (C=O) groups is 2. The van der Waals surface area contributed by atoms with Crippen molar-refractivity contribution in [3.05, 3.63) is 36.3 Å². The highest BCUT2D eigenvalue weighted by Gasteiger charge is 2.37. The van der Waals surface area contributed by atoms with Crippen LogP contribution in [0.4, 0.5) is 0 Å². The molecule has 8 nitrogen and oxygen atoms in total. The van der Waals surface area contributed by atoms with Crippen molar-refractivity contribution in [3.8, 4) is 11.1 Å². The molecule has 1 aliphatic carbocycles. The Morgan fingerprint density at radius 2 is 1.97 bits per heavy atom. The Hall–Kier alpha value is -3.00. The number of carbonyl (C=O) groups excluding carboxylic acids is 2. The Kier molecular flexibility index (Phi) is 4.64. The minimum absolute atomic E-state index is 0.213. The van der Waals surface area contributed by atoms with Crippen LogP contribution < -0.4 is 10.6 Å². The summed E-state index contributed by atoms with van der Waals surface area (Å²) in [6, 6.07) is 5.64. The van der Waals surface area contributed by atoms with Gasteiger partial charge in [0.15, 0.2) is 0 Å². The second kappa shape index (κ2) is 7.55. The molecule has 1 saturated carbocycles. The van der Waals surface area contributed by atoms with E-state index in [1.54, 1.807) is 4.68 Å². The maximum absolute atomic E-state index is 12.4. The van der Waals surface area contributed by atoms with Crippen molar-refractivity contribution in [2.75, 3.05) is 13.1 Å². The number of benzene rings is 1. The van der Waals surface area contributed by atoms with Gasteiger partial charge in [0.05, 0.1) is 17.4 Å². The molecule has 3 aromatic rings. The van der Waals surface area contributed by atoms with Crippen LogP contribution in [0.3, 0.4) is 0 Å². The molecule has 32 heavy (non-hydrogen) atoms. The summed E-state index contributed by atoms with van der Waals surface area (Å²) in [5.74, 6) is 1.89. The Morgan fingerprint density at radius 3 is 2.75 bits per heavy atom. The summed E-state index contributed by atoms with van der Waals surface area (Å²) in [6.07, 6.45) is 7.48. The maximum atomic E-state index is 12.4. The van der Waals surface area contributed by atoms with Crippen LogP contribution in [0.2, 0.25) is 0 Å². The van der Waals surface area contributed by atoms with E-state index in [-0.39, 0.29) is 11.8 Å². The SMILES string of the molecule is Cc1nn(C2CCC(=O)NC2=O)c2cccc(-c3cnn(CC4CC5CNCC5C4)c3)c12. The van der Waals surface area contributed by atoms with Gasteiger partial charge in [-0.2, -0.15) is 10.2 Å². The molecule has 3 unspecified atom stereocenters. The van der Waals surface area contributed by atoms with Crippen molar-refractivity contribution in [2.45, 2.75) is 45.2 Å². The van der Waals surface area contributed by atoms with Crippen LogP contribution >= 0.6 is 0 Å². The molecule has 6 rings (SSSR count). The van der Waals surface area contributed by atoms with Gasteiger partial charge < -0.3 is 5.32 Å². The van der Waals surface area contributed by atoms with Crippen LogP contribution in [0.25, 0.3) is 22.0 Å². The molecule has 2 N–H and O–H groups in total. The Balaban J connectivity index is 1.29. The zero-order chi connectivity index (χ0) is 21.8. The van der Waals surface area contributed by atoms with Crippen molar-refractivity contribution in [2.24, 2.45) is 17.8 Å². The average Bonchev–Trinajstić information content (AvgIpc) is 3.53. The molecule has 0 spiro atoms. The summed E-state index contributed by atoms with van der Waals surface area (Å²) < 4.78 is 3.87. The minimum Gasteiger partial charge on any atom is -0.316 e. The number of nitrogens with one attached hydrogen (secondary N) is 2.